The summed E-state index contributed by atoms with van der Waals surface area (Å²) in [5.74, 6) is 0.647. The first-order valence-corrected chi connectivity index (χ1v) is 7.43. The molecule has 2 unspecified atom stereocenters. The molecule has 1 aliphatic rings. The number of anilines is 1. The van der Waals surface area contributed by atoms with Gasteiger partial charge in [-0.25, -0.2) is 0 Å². The van der Waals surface area contributed by atoms with Gasteiger partial charge in [-0.2, -0.15) is 11.8 Å². The second kappa shape index (κ2) is 6.26. The third-order valence-electron chi connectivity index (χ3n) is 3.04. The minimum absolute atomic E-state index is 0.486. The molecule has 1 saturated carbocycles. The van der Waals surface area contributed by atoms with Gasteiger partial charge in [-0.3, -0.25) is 0 Å². The van der Waals surface area contributed by atoms with E-state index in [9.17, 15) is 0 Å². The molecule has 2 atom stereocenters. The van der Waals surface area contributed by atoms with Crippen LogP contribution in [-0.2, 0) is 6.54 Å². The number of thioether (sulfide) groups is 1. The summed E-state index contributed by atoms with van der Waals surface area (Å²) < 4.78 is 5.51. The highest BCUT2D eigenvalue weighted by molar-refractivity contribution is 7.99. The molecule has 1 heterocycles. The summed E-state index contributed by atoms with van der Waals surface area (Å²) in [4.78, 5) is 0. The van der Waals surface area contributed by atoms with Gasteiger partial charge in [0.15, 0.2) is 0 Å². The van der Waals surface area contributed by atoms with Crippen LogP contribution in [0.15, 0.2) is 4.42 Å². The van der Waals surface area contributed by atoms with Crippen LogP contribution in [0.25, 0.3) is 0 Å². The molecule has 0 bridgehead atoms. The zero-order valence-electron chi connectivity index (χ0n) is 10.4. The maximum Gasteiger partial charge on any atom is 0.315 e. The summed E-state index contributed by atoms with van der Waals surface area (Å²) in [6.07, 6.45) is 5.83. The monoisotopic (exact) mass is 256 g/mol. The molecule has 1 fully saturated rings. The van der Waals surface area contributed by atoms with Gasteiger partial charge < -0.3 is 15.1 Å². The number of nitrogens with one attached hydrogen (secondary N) is 2. The standard InChI is InChI=1S/C11H20N4OS/c1-3-12-7-10-14-15-11(16-10)13-8-4-5-9(6-8)17-2/h8-9,12H,3-7H2,1-2H3,(H,13,15). The Morgan fingerprint density at radius 3 is 3.00 bits per heavy atom. The fraction of sp³-hybridized carbons (Fsp3) is 0.818. The Bertz CT molecular complexity index is 344. The first kappa shape index (κ1) is 12.7. The van der Waals surface area contributed by atoms with Gasteiger partial charge in [0, 0.05) is 11.3 Å². The lowest BCUT2D eigenvalue weighted by atomic mass is 10.3. The molecule has 0 amide bonds. The average molecular weight is 256 g/mol. The van der Waals surface area contributed by atoms with Crippen molar-refractivity contribution in [3.63, 3.8) is 0 Å². The molecule has 5 nitrogen and oxygen atoms in total. The number of rotatable bonds is 6. The molecule has 2 rings (SSSR count). The summed E-state index contributed by atoms with van der Waals surface area (Å²) in [6, 6.07) is 1.05. The molecule has 2 N–H and O–H groups in total. The lowest BCUT2D eigenvalue weighted by molar-refractivity contribution is 0.476. The van der Waals surface area contributed by atoms with Gasteiger partial charge in [-0.05, 0) is 32.1 Å². The Morgan fingerprint density at radius 2 is 2.29 bits per heavy atom. The number of nitrogens with zero attached hydrogens (tertiary/aromatic N) is 2. The van der Waals surface area contributed by atoms with E-state index >= 15 is 0 Å². The second-order valence-electron chi connectivity index (χ2n) is 4.29. The summed E-state index contributed by atoms with van der Waals surface area (Å²) in [5.41, 5.74) is 0. The largest absolute Gasteiger partial charge is 0.407 e. The van der Waals surface area contributed by atoms with Crippen LogP contribution in [0.1, 0.15) is 32.1 Å². The normalized spacial score (nSPS) is 24.1. The molecule has 0 spiro atoms. The van der Waals surface area contributed by atoms with Gasteiger partial charge in [0.25, 0.3) is 0 Å². The Labute approximate surface area is 106 Å². The summed E-state index contributed by atoms with van der Waals surface area (Å²) in [7, 11) is 0. The molecule has 0 aliphatic heterocycles. The fourth-order valence-corrected chi connectivity index (χ4v) is 2.87. The highest BCUT2D eigenvalue weighted by Gasteiger charge is 2.24. The van der Waals surface area contributed by atoms with Crippen molar-refractivity contribution in [3.8, 4) is 0 Å². The van der Waals surface area contributed by atoms with Gasteiger partial charge in [0.2, 0.25) is 5.89 Å². The van der Waals surface area contributed by atoms with Crippen LogP contribution in [0.3, 0.4) is 0 Å². The topological polar surface area (TPSA) is 63.0 Å². The molecule has 0 radical (unpaired) electrons. The maximum atomic E-state index is 5.51. The van der Waals surface area contributed by atoms with Crippen LogP contribution in [0.4, 0.5) is 6.01 Å². The van der Waals surface area contributed by atoms with Gasteiger partial charge >= 0.3 is 6.01 Å². The first-order valence-electron chi connectivity index (χ1n) is 6.14. The first-order chi connectivity index (χ1) is 8.31. The van der Waals surface area contributed by atoms with Gasteiger partial charge in [0.1, 0.15) is 0 Å². The number of hydrogen-bond acceptors (Lipinski definition) is 6. The molecular formula is C11H20N4OS. The SMILES string of the molecule is CCNCc1nnc(NC2CCC(SC)C2)o1. The molecular weight excluding hydrogens is 236 g/mol. The van der Waals surface area contributed by atoms with Crippen molar-refractivity contribution in [1.82, 2.24) is 15.5 Å². The number of aromatic nitrogens is 2. The smallest absolute Gasteiger partial charge is 0.315 e. The van der Waals surface area contributed by atoms with Crippen LogP contribution in [0.5, 0.6) is 0 Å². The summed E-state index contributed by atoms with van der Waals surface area (Å²) in [5, 5.41) is 15.3. The maximum absolute atomic E-state index is 5.51. The van der Waals surface area contributed by atoms with Crippen molar-refractivity contribution in [1.29, 1.82) is 0 Å². The molecule has 96 valence electrons. The van der Waals surface area contributed by atoms with Gasteiger partial charge in [-0.15, -0.1) is 5.10 Å². The zero-order valence-corrected chi connectivity index (χ0v) is 11.2. The van der Waals surface area contributed by atoms with Crippen LogP contribution in [0, 0.1) is 0 Å². The van der Waals surface area contributed by atoms with E-state index in [1.807, 2.05) is 11.8 Å². The Kier molecular flexibility index (Phi) is 4.67. The summed E-state index contributed by atoms with van der Waals surface area (Å²) >= 11 is 1.95. The van der Waals surface area contributed by atoms with Crippen molar-refractivity contribution in [3.05, 3.63) is 5.89 Å². The Morgan fingerprint density at radius 1 is 1.41 bits per heavy atom. The van der Waals surface area contributed by atoms with Crippen LogP contribution in [-0.4, -0.2) is 34.3 Å². The predicted octanol–water partition coefficient (Wildman–Crippen LogP) is 1.88. The number of hydrogen-bond donors (Lipinski definition) is 2. The van der Waals surface area contributed by atoms with E-state index in [0.29, 0.717) is 24.5 Å². The minimum atomic E-state index is 0.486. The van der Waals surface area contributed by atoms with Gasteiger partial charge in [-0.1, -0.05) is 12.0 Å². The molecule has 0 aromatic carbocycles. The fourth-order valence-electron chi connectivity index (χ4n) is 2.08. The average Bonchev–Trinajstić information content (AvgIpc) is 2.96. The molecule has 1 aromatic heterocycles. The van der Waals surface area contributed by atoms with E-state index in [4.69, 9.17) is 4.42 Å². The van der Waals surface area contributed by atoms with Gasteiger partial charge in [0.05, 0.1) is 6.54 Å². The van der Waals surface area contributed by atoms with Crippen molar-refractivity contribution in [2.75, 3.05) is 18.1 Å². The lowest BCUT2D eigenvalue weighted by Gasteiger charge is -2.09. The van der Waals surface area contributed by atoms with E-state index in [2.05, 4.69) is 34.0 Å². The predicted molar refractivity (Wildman–Crippen MR) is 70.2 cm³/mol. The lowest BCUT2D eigenvalue weighted by Crippen LogP contribution is -2.16. The molecule has 17 heavy (non-hydrogen) atoms. The molecule has 6 heteroatoms. The van der Waals surface area contributed by atoms with E-state index < -0.39 is 0 Å². The zero-order chi connectivity index (χ0) is 12.1. The Hall–Kier alpha value is -0.750. The van der Waals surface area contributed by atoms with E-state index in [0.717, 1.165) is 11.8 Å². The quantitative estimate of drug-likeness (QED) is 0.810. The van der Waals surface area contributed by atoms with E-state index in [-0.39, 0.29) is 0 Å². The third-order valence-corrected chi connectivity index (χ3v) is 4.13. The van der Waals surface area contributed by atoms with E-state index in [1.54, 1.807) is 0 Å². The van der Waals surface area contributed by atoms with Crippen LogP contribution in [0.2, 0.25) is 0 Å². The molecule has 0 saturated heterocycles. The summed E-state index contributed by atoms with van der Waals surface area (Å²) in [6.45, 7) is 3.60. The van der Waals surface area contributed by atoms with Crippen molar-refractivity contribution in [2.45, 2.75) is 44.0 Å². The minimum Gasteiger partial charge on any atom is -0.407 e. The second-order valence-corrected chi connectivity index (χ2v) is 5.43. The molecule has 1 aliphatic carbocycles. The third kappa shape index (κ3) is 3.61. The van der Waals surface area contributed by atoms with Crippen molar-refractivity contribution in [2.24, 2.45) is 0 Å². The van der Waals surface area contributed by atoms with E-state index in [1.165, 1.54) is 19.3 Å². The van der Waals surface area contributed by atoms with Crippen molar-refractivity contribution < 1.29 is 4.42 Å². The highest BCUT2D eigenvalue weighted by atomic mass is 32.2. The van der Waals surface area contributed by atoms with Crippen molar-refractivity contribution >= 4 is 17.8 Å². The van der Waals surface area contributed by atoms with Crippen LogP contribution >= 0.6 is 11.8 Å². The molecule has 1 aromatic rings. The highest BCUT2D eigenvalue weighted by Crippen LogP contribution is 2.29. The Balaban J connectivity index is 1.80. The van der Waals surface area contributed by atoms with Crippen LogP contribution < -0.4 is 10.6 Å².